The van der Waals surface area contributed by atoms with Gasteiger partial charge >= 0.3 is 5.97 Å². The highest BCUT2D eigenvalue weighted by Crippen LogP contribution is 2.33. The fourth-order valence-electron chi connectivity index (χ4n) is 2.18. The second-order valence-electron chi connectivity index (χ2n) is 4.61. The van der Waals surface area contributed by atoms with Crippen LogP contribution in [0.3, 0.4) is 0 Å². The minimum atomic E-state index is -1.11. The average molecular weight is 322 g/mol. The molecule has 0 amide bonds. The number of benzene rings is 1. The molecule has 0 fully saturated rings. The Hall–Kier alpha value is -1.98. The summed E-state index contributed by atoms with van der Waals surface area (Å²) in [5, 5.41) is 9.67. The molecule has 0 saturated heterocycles. The molecule has 6 heteroatoms. The molecule has 0 radical (unpaired) electrons. The third-order valence-electron chi connectivity index (χ3n) is 3.07. The smallest absolute Gasteiger partial charge is 0.336 e. The third-order valence-corrected chi connectivity index (χ3v) is 4.32. The van der Waals surface area contributed by atoms with Crippen LogP contribution in [0.2, 0.25) is 4.34 Å². The fourth-order valence-corrected chi connectivity index (χ4v) is 3.18. The highest BCUT2D eigenvalue weighted by Gasteiger charge is 2.16. The Morgan fingerprint density at radius 1 is 1.33 bits per heavy atom. The van der Waals surface area contributed by atoms with Gasteiger partial charge in [0.2, 0.25) is 0 Å². The molecule has 3 aromatic rings. The van der Waals surface area contributed by atoms with Crippen LogP contribution in [0.15, 0.2) is 30.3 Å². The van der Waals surface area contributed by atoms with Crippen molar-refractivity contribution in [3.05, 3.63) is 51.6 Å². The maximum atomic E-state index is 14.1. The average Bonchev–Trinajstić information content (AvgIpc) is 2.84. The summed E-state index contributed by atoms with van der Waals surface area (Å²) in [7, 11) is 0. The van der Waals surface area contributed by atoms with Crippen LogP contribution < -0.4 is 0 Å². The normalized spacial score (nSPS) is 11.0. The molecule has 2 aromatic heterocycles. The zero-order valence-electron chi connectivity index (χ0n) is 10.9. The van der Waals surface area contributed by atoms with Crippen molar-refractivity contribution < 1.29 is 14.3 Å². The Bertz CT molecular complexity index is 875. The molecule has 0 saturated carbocycles. The van der Waals surface area contributed by atoms with E-state index in [0.717, 1.165) is 0 Å². The van der Waals surface area contributed by atoms with Crippen molar-refractivity contribution in [3.63, 3.8) is 0 Å². The van der Waals surface area contributed by atoms with E-state index in [-0.39, 0.29) is 11.1 Å². The number of carboxylic acid groups (broad SMARTS) is 1. The van der Waals surface area contributed by atoms with Crippen LogP contribution in [0.4, 0.5) is 4.39 Å². The molecule has 0 aliphatic carbocycles. The quantitative estimate of drug-likeness (QED) is 0.740. The molecule has 0 atom stereocenters. The van der Waals surface area contributed by atoms with Gasteiger partial charge in [-0.3, -0.25) is 0 Å². The van der Waals surface area contributed by atoms with Gasteiger partial charge in [0.25, 0.3) is 0 Å². The minimum absolute atomic E-state index is 0.0297. The minimum Gasteiger partial charge on any atom is -0.478 e. The molecule has 0 unspecified atom stereocenters. The lowest BCUT2D eigenvalue weighted by molar-refractivity contribution is 0.0699. The Balaban J connectivity index is 2.37. The second-order valence-corrected chi connectivity index (χ2v) is 6.32. The topological polar surface area (TPSA) is 50.2 Å². The van der Waals surface area contributed by atoms with Crippen molar-refractivity contribution in [2.45, 2.75) is 6.92 Å². The standard InChI is InChI=1S/C15H9ClFNO2S/c1-7-4-8-9(15(19)20)6-11(12-2-3-13(16)21-12)18-14(8)10(17)5-7/h2-6H,1H3,(H,19,20). The zero-order chi connectivity index (χ0) is 15.1. The highest BCUT2D eigenvalue weighted by atomic mass is 35.5. The first-order valence-electron chi connectivity index (χ1n) is 6.05. The van der Waals surface area contributed by atoms with Crippen molar-refractivity contribution >= 4 is 39.8 Å². The summed E-state index contributed by atoms with van der Waals surface area (Å²) in [6, 6.07) is 7.84. The van der Waals surface area contributed by atoms with Gasteiger partial charge < -0.3 is 5.11 Å². The van der Waals surface area contributed by atoms with Gasteiger partial charge in [0.15, 0.2) is 0 Å². The van der Waals surface area contributed by atoms with Crippen molar-refractivity contribution in [2.75, 3.05) is 0 Å². The van der Waals surface area contributed by atoms with Gasteiger partial charge in [0.1, 0.15) is 11.3 Å². The van der Waals surface area contributed by atoms with Gasteiger partial charge in [0, 0.05) is 5.39 Å². The van der Waals surface area contributed by atoms with E-state index in [1.165, 1.54) is 23.5 Å². The molecule has 21 heavy (non-hydrogen) atoms. The number of aryl methyl sites for hydroxylation is 1. The van der Waals surface area contributed by atoms with Gasteiger partial charge in [-0.2, -0.15) is 0 Å². The summed E-state index contributed by atoms with van der Waals surface area (Å²) in [6.07, 6.45) is 0. The molecule has 106 valence electrons. The molecule has 0 bridgehead atoms. The first-order chi connectivity index (χ1) is 9.95. The molecule has 1 N–H and O–H groups in total. The van der Waals surface area contributed by atoms with Gasteiger partial charge in [-0.05, 0) is 42.8 Å². The van der Waals surface area contributed by atoms with Gasteiger partial charge in [-0.25, -0.2) is 14.2 Å². The van der Waals surface area contributed by atoms with Crippen LogP contribution in [0, 0.1) is 12.7 Å². The highest BCUT2D eigenvalue weighted by molar-refractivity contribution is 7.19. The van der Waals surface area contributed by atoms with E-state index in [9.17, 15) is 14.3 Å². The Morgan fingerprint density at radius 2 is 2.10 bits per heavy atom. The lowest BCUT2D eigenvalue weighted by Crippen LogP contribution is -2.01. The van der Waals surface area contributed by atoms with Gasteiger partial charge in [0.05, 0.1) is 20.5 Å². The summed E-state index contributed by atoms with van der Waals surface area (Å²) in [6.45, 7) is 1.71. The number of carbonyl (C=O) groups is 1. The van der Waals surface area contributed by atoms with Crippen molar-refractivity contribution in [3.8, 4) is 10.6 Å². The predicted octanol–water partition coefficient (Wildman–Crippen LogP) is 4.76. The summed E-state index contributed by atoms with van der Waals surface area (Å²) in [4.78, 5) is 16.4. The van der Waals surface area contributed by atoms with E-state index in [1.807, 2.05) is 0 Å². The van der Waals surface area contributed by atoms with Crippen LogP contribution in [0.5, 0.6) is 0 Å². The first kappa shape index (κ1) is 14.0. The summed E-state index contributed by atoms with van der Waals surface area (Å²) >= 11 is 7.15. The number of carboxylic acids is 1. The lowest BCUT2D eigenvalue weighted by atomic mass is 10.0. The van der Waals surface area contributed by atoms with Crippen LogP contribution in [-0.4, -0.2) is 16.1 Å². The SMILES string of the molecule is Cc1cc(F)c2nc(-c3ccc(Cl)s3)cc(C(=O)O)c2c1. The zero-order valence-corrected chi connectivity index (χ0v) is 12.4. The van der Waals surface area contributed by atoms with E-state index < -0.39 is 11.8 Å². The second kappa shape index (κ2) is 5.09. The maximum Gasteiger partial charge on any atom is 0.336 e. The summed E-state index contributed by atoms with van der Waals surface area (Å²) in [5.41, 5.74) is 1.14. The molecule has 0 spiro atoms. The monoisotopic (exact) mass is 321 g/mol. The maximum absolute atomic E-state index is 14.1. The summed E-state index contributed by atoms with van der Waals surface area (Å²) < 4.78 is 14.7. The Morgan fingerprint density at radius 3 is 2.71 bits per heavy atom. The third kappa shape index (κ3) is 2.50. The molecule has 0 aliphatic rings. The van der Waals surface area contributed by atoms with Gasteiger partial charge in [-0.1, -0.05) is 11.6 Å². The summed E-state index contributed by atoms with van der Waals surface area (Å²) in [5.74, 6) is -1.65. The lowest BCUT2D eigenvalue weighted by Gasteiger charge is -2.07. The van der Waals surface area contributed by atoms with Crippen LogP contribution >= 0.6 is 22.9 Å². The predicted molar refractivity (Wildman–Crippen MR) is 81.7 cm³/mol. The van der Waals surface area contributed by atoms with Crippen molar-refractivity contribution in [1.82, 2.24) is 4.98 Å². The van der Waals surface area contributed by atoms with E-state index >= 15 is 0 Å². The van der Waals surface area contributed by atoms with Gasteiger partial charge in [-0.15, -0.1) is 11.3 Å². The van der Waals surface area contributed by atoms with Crippen LogP contribution in [0.25, 0.3) is 21.5 Å². The number of rotatable bonds is 2. The molecule has 3 nitrogen and oxygen atoms in total. The molecular formula is C15H9ClFNO2S. The Kier molecular flexibility index (Phi) is 3.39. The largest absolute Gasteiger partial charge is 0.478 e. The van der Waals surface area contributed by atoms with E-state index in [2.05, 4.69) is 4.98 Å². The number of halogens is 2. The molecular weight excluding hydrogens is 313 g/mol. The first-order valence-corrected chi connectivity index (χ1v) is 7.25. The molecule has 0 aliphatic heterocycles. The number of fused-ring (bicyclic) bond motifs is 1. The molecule has 1 aromatic carbocycles. The fraction of sp³-hybridized carbons (Fsp3) is 0.0667. The number of pyridine rings is 1. The van der Waals surface area contributed by atoms with E-state index in [0.29, 0.717) is 25.9 Å². The van der Waals surface area contributed by atoms with E-state index in [1.54, 1.807) is 25.1 Å². The number of nitrogens with zero attached hydrogens (tertiary/aromatic N) is 1. The number of aromatic carboxylic acids is 1. The number of hydrogen-bond donors (Lipinski definition) is 1. The Labute approximate surface area is 128 Å². The molecule has 3 rings (SSSR count). The number of hydrogen-bond acceptors (Lipinski definition) is 3. The van der Waals surface area contributed by atoms with E-state index in [4.69, 9.17) is 11.6 Å². The van der Waals surface area contributed by atoms with Crippen LogP contribution in [-0.2, 0) is 0 Å². The van der Waals surface area contributed by atoms with Crippen molar-refractivity contribution in [2.24, 2.45) is 0 Å². The molecule has 2 heterocycles. The van der Waals surface area contributed by atoms with Crippen LogP contribution in [0.1, 0.15) is 15.9 Å². The number of thiophene rings is 1. The van der Waals surface area contributed by atoms with Crippen molar-refractivity contribution in [1.29, 1.82) is 0 Å². The number of aromatic nitrogens is 1.